The predicted octanol–water partition coefficient (Wildman–Crippen LogP) is 1.70. The van der Waals surface area contributed by atoms with Gasteiger partial charge in [-0.2, -0.15) is 0 Å². The fourth-order valence-electron chi connectivity index (χ4n) is 3.23. The number of hydrogen-bond acceptors (Lipinski definition) is 3. The predicted molar refractivity (Wildman–Crippen MR) is 78.1 cm³/mol. The van der Waals surface area contributed by atoms with Gasteiger partial charge in [0.15, 0.2) is 0 Å². The van der Waals surface area contributed by atoms with Crippen molar-refractivity contribution in [2.24, 2.45) is 11.3 Å². The summed E-state index contributed by atoms with van der Waals surface area (Å²) in [5.41, 5.74) is -0.808. The Kier molecular flexibility index (Phi) is 5.08. The van der Waals surface area contributed by atoms with Crippen LogP contribution in [0.5, 0.6) is 0 Å². The number of carbonyl (C=O) groups excluding carboxylic acids is 1. The summed E-state index contributed by atoms with van der Waals surface area (Å²) in [6.07, 6.45) is 3.36. The Balaban J connectivity index is 1.89. The van der Waals surface area contributed by atoms with Crippen LogP contribution < -0.4 is 5.32 Å². The molecule has 6 nitrogen and oxygen atoms in total. The molecule has 0 bridgehead atoms. The second kappa shape index (κ2) is 6.64. The molecule has 2 aliphatic heterocycles. The van der Waals surface area contributed by atoms with Gasteiger partial charge in [-0.1, -0.05) is 6.92 Å². The quantitative estimate of drug-likeness (QED) is 0.828. The van der Waals surface area contributed by atoms with Gasteiger partial charge in [-0.25, -0.2) is 4.79 Å². The van der Waals surface area contributed by atoms with E-state index in [1.54, 1.807) is 11.8 Å². The largest absolute Gasteiger partial charge is 0.481 e. The highest BCUT2D eigenvalue weighted by atomic mass is 16.5. The third kappa shape index (κ3) is 3.67. The maximum absolute atomic E-state index is 12.4. The van der Waals surface area contributed by atoms with E-state index in [9.17, 15) is 14.7 Å². The Morgan fingerprint density at radius 2 is 2.10 bits per heavy atom. The van der Waals surface area contributed by atoms with Gasteiger partial charge in [0.25, 0.3) is 0 Å². The van der Waals surface area contributed by atoms with E-state index >= 15 is 0 Å². The molecule has 0 saturated carbocycles. The van der Waals surface area contributed by atoms with Crippen molar-refractivity contribution in [3.63, 3.8) is 0 Å². The summed E-state index contributed by atoms with van der Waals surface area (Å²) in [6.45, 7) is 6.11. The van der Waals surface area contributed by atoms with Gasteiger partial charge in [0.1, 0.15) is 0 Å². The van der Waals surface area contributed by atoms with Crippen LogP contribution in [0, 0.1) is 11.3 Å². The van der Waals surface area contributed by atoms with E-state index in [1.807, 2.05) is 0 Å². The number of nitrogens with one attached hydrogen (secondary N) is 1. The van der Waals surface area contributed by atoms with Crippen molar-refractivity contribution in [1.82, 2.24) is 10.2 Å². The molecule has 2 amide bonds. The van der Waals surface area contributed by atoms with Crippen molar-refractivity contribution in [2.75, 3.05) is 26.3 Å². The fourth-order valence-corrected chi connectivity index (χ4v) is 3.23. The van der Waals surface area contributed by atoms with E-state index < -0.39 is 11.4 Å². The zero-order valence-electron chi connectivity index (χ0n) is 12.9. The highest BCUT2D eigenvalue weighted by Crippen LogP contribution is 2.30. The number of rotatable bonds is 4. The first-order valence-electron chi connectivity index (χ1n) is 7.83. The summed E-state index contributed by atoms with van der Waals surface area (Å²) in [7, 11) is 0. The van der Waals surface area contributed by atoms with Gasteiger partial charge in [0, 0.05) is 32.3 Å². The second-order valence-corrected chi connectivity index (χ2v) is 6.45. The molecule has 120 valence electrons. The Morgan fingerprint density at radius 3 is 2.62 bits per heavy atom. The number of nitrogens with zero attached hydrogens (tertiary/aromatic N) is 1. The molecule has 0 aromatic rings. The standard InChI is InChI=1S/C15H26N2O4/c1-3-12(11-4-8-21-9-5-11)16-14(20)17-7-6-15(2,10-17)13(18)19/h11-12H,3-10H2,1-2H3,(H,16,20)(H,18,19). The minimum Gasteiger partial charge on any atom is -0.481 e. The van der Waals surface area contributed by atoms with Gasteiger partial charge < -0.3 is 20.1 Å². The summed E-state index contributed by atoms with van der Waals surface area (Å²) < 4.78 is 5.36. The van der Waals surface area contributed by atoms with Crippen molar-refractivity contribution in [2.45, 2.75) is 45.6 Å². The lowest BCUT2D eigenvalue weighted by Gasteiger charge is -2.32. The zero-order valence-corrected chi connectivity index (χ0v) is 12.9. The lowest BCUT2D eigenvalue weighted by atomic mass is 9.90. The van der Waals surface area contributed by atoms with Gasteiger partial charge in [0.05, 0.1) is 5.41 Å². The smallest absolute Gasteiger partial charge is 0.317 e. The molecule has 2 atom stereocenters. The third-order valence-corrected chi connectivity index (χ3v) is 4.86. The Hall–Kier alpha value is -1.30. The van der Waals surface area contributed by atoms with Crippen LogP contribution in [0.1, 0.15) is 39.5 Å². The van der Waals surface area contributed by atoms with E-state index in [-0.39, 0.29) is 12.1 Å². The summed E-state index contributed by atoms with van der Waals surface area (Å²) in [6, 6.07) is 0.0244. The van der Waals surface area contributed by atoms with Gasteiger partial charge in [-0.05, 0) is 38.5 Å². The Bertz CT molecular complexity index is 395. The molecule has 6 heteroatoms. The second-order valence-electron chi connectivity index (χ2n) is 6.45. The summed E-state index contributed by atoms with van der Waals surface area (Å²) >= 11 is 0. The van der Waals surface area contributed by atoms with Crippen LogP contribution in [-0.4, -0.2) is 54.4 Å². The number of carboxylic acid groups (broad SMARTS) is 1. The van der Waals surface area contributed by atoms with Gasteiger partial charge in [-0.15, -0.1) is 0 Å². The highest BCUT2D eigenvalue weighted by molar-refractivity contribution is 5.79. The number of aliphatic carboxylic acids is 1. The minimum absolute atomic E-state index is 0.127. The molecular weight excluding hydrogens is 272 g/mol. The molecule has 0 radical (unpaired) electrons. The maximum Gasteiger partial charge on any atom is 0.317 e. The average Bonchev–Trinajstić information content (AvgIpc) is 2.89. The lowest BCUT2D eigenvalue weighted by Crippen LogP contribution is -2.48. The molecule has 2 saturated heterocycles. The van der Waals surface area contributed by atoms with Crippen molar-refractivity contribution in [3.05, 3.63) is 0 Å². The molecule has 0 spiro atoms. The molecule has 0 aromatic heterocycles. The van der Waals surface area contributed by atoms with E-state index in [2.05, 4.69) is 12.2 Å². The van der Waals surface area contributed by atoms with Crippen LogP contribution in [0.2, 0.25) is 0 Å². The molecule has 2 unspecified atom stereocenters. The summed E-state index contributed by atoms with van der Waals surface area (Å²) in [5.74, 6) is -0.365. The van der Waals surface area contributed by atoms with Gasteiger partial charge in [0.2, 0.25) is 0 Å². The maximum atomic E-state index is 12.4. The number of carboxylic acids is 1. The van der Waals surface area contributed by atoms with Gasteiger partial charge in [-0.3, -0.25) is 4.79 Å². The number of carbonyl (C=O) groups is 2. The molecule has 21 heavy (non-hydrogen) atoms. The normalized spacial score (nSPS) is 28.4. The van der Waals surface area contributed by atoms with Crippen molar-refractivity contribution in [1.29, 1.82) is 0 Å². The van der Waals surface area contributed by atoms with Crippen LogP contribution in [0.25, 0.3) is 0 Å². The lowest BCUT2D eigenvalue weighted by molar-refractivity contribution is -0.147. The third-order valence-electron chi connectivity index (χ3n) is 4.86. The van der Waals surface area contributed by atoms with E-state index in [1.165, 1.54) is 0 Å². The van der Waals surface area contributed by atoms with Gasteiger partial charge >= 0.3 is 12.0 Å². The van der Waals surface area contributed by atoms with Crippen LogP contribution in [0.15, 0.2) is 0 Å². The Morgan fingerprint density at radius 1 is 1.43 bits per heavy atom. The van der Waals surface area contributed by atoms with Crippen LogP contribution in [0.3, 0.4) is 0 Å². The topological polar surface area (TPSA) is 78.9 Å². The molecule has 2 rings (SSSR count). The molecular formula is C15H26N2O4. The van der Waals surface area contributed by atoms with Crippen molar-refractivity contribution in [3.8, 4) is 0 Å². The molecule has 2 fully saturated rings. The SMILES string of the molecule is CCC(NC(=O)N1CCC(C)(C(=O)O)C1)C1CCOCC1. The number of urea groups is 1. The molecule has 2 N–H and O–H groups in total. The first-order valence-corrected chi connectivity index (χ1v) is 7.83. The highest BCUT2D eigenvalue weighted by Gasteiger charge is 2.42. The summed E-state index contributed by atoms with van der Waals surface area (Å²) in [4.78, 5) is 25.2. The molecule has 2 aliphatic rings. The molecule has 2 heterocycles. The first-order chi connectivity index (χ1) is 9.96. The number of hydrogen-bond donors (Lipinski definition) is 2. The van der Waals surface area contributed by atoms with E-state index in [0.717, 1.165) is 32.5 Å². The minimum atomic E-state index is -0.825. The number of amides is 2. The number of likely N-dealkylation sites (tertiary alicyclic amines) is 1. The fraction of sp³-hybridized carbons (Fsp3) is 0.867. The van der Waals surface area contributed by atoms with Crippen LogP contribution >= 0.6 is 0 Å². The monoisotopic (exact) mass is 298 g/mol. The Labute approximate surface area is 125 Å². The van der Waals surface area contributed by atoms with Crippen molar-refractivity contribution >= 4 is 12.0 Å². The average molecular weight is 298 g/mol. The number of ether oxygens (including phenoxy) is 1. The van der Waals surface area contributed by atoms with Crippen LogP contribution in [-0.2, 0) is 9.53 Å². The molecule has 0 aliphatic carbocycles. The zero-order chi connectivity index (χ0) is 15.5. The van der Waals surface area contributed by atoms with Crippen molar-refractivity contribution < 1.29 is 19.4 Å². The van der Waals surface area contributed by atoms with E-state index in [0.29, 0.717) is 25.4 Å². The summed E-state index contributed by atoms with van der Waals surface area (Å²) in [5, 5.41) is 12.3. The van der Waals surface area contributed by atoms with E-state index in [4.69, 9.17) is 4.74 Å². The molecule has 0 aromatic carbocycles. The first kappa shape index (κ1) is 16.1. The van der Waals surface area contributed by atoms with Crippen LogP contribution in [0.4, 0.5) is 4.79 Å².